The average Bonchev–Trinajstić information content (AvgIpc) is 3.14. The Morgan fingerprint density at radius 1 is 1.10 bits per heavy atom. The van der Waals surface area contributed by atoms with Gasteiger partial charge >= 0.3 is 11.9 Å². The van der Waals surface area contributed by atoms with Crippen LogP contribution in [0.1, 0.15) is 22.3 Å². The molecule has 0 saturated carbocycles. The van der Waals surface area contributed by atoms with Crippen molar-refractivity contribution in [2.75, 3.05) is 30.5 Å². The predicted molar refractivity (Wildman–Crippen MR) is 109 cm³/mol. The fourth-order valence-electron chi connectivity index (χ4n) is 3.22. The number of nitrogens with zero attached hydrogens (tertiary/aromatic N) is 1. The van der Waals surface area contributed by atoms with Crippen LogP contribution in [0.2, 0.25) is 0 Å². The standard InChI is InChI=1S/C22H22N2O6/c1-14-5-3-4-6-18(14)24-12-16(11-20(24)26)22(28)30-13-19(25)23-17-9-7-15(8-10-17)21(27)29-2/h3-10,16H,11-13H2,1-2H3,(H,23,25)/t16-/m1/s1. The van der Waals surface area contributed by atoms with E-state index in [1.807, 2.05) is 31.2 Å². The number of hydrogen-bond donors (Lipinski definition) is 1. The van der Waals surface area contributed by atoms with E-state index in [0.717, 1.165) is 11.3 Å². The lowest BCUT2D eigenvalue weighted by Gasteiger charge is -2.18. The van der Waals surface area contributed by atoms with E-state index in [-0.39, 0.29) is 18.9 Å². The second-order valence-corrected chi connectivity index (χ2v) is 6.92. The minimum absolute atomic E-state index is 0.0454. The maximum atomic E-state index is 12.3. The molecule has 1 heterocycles. The van der Waals surface area contributed by atoms with Gasteiger partial charge in [0.1, 0.15) is 0 Å². The van der Waals surface area contributed by atoms with Gasteiger partial charge < -0.3 is 19.7 Å². The Balaban J connectivity index is 1.51. The van der Waals surface area contributed by atoms with Crippen molar-refractivity contribution in [3.05, 3.63) is 59.7 Å². The first-order valence-corrected chi connectivity index (χ1v) is 9.40. The minimum atomic E-state index is -0.621. The number of carbonyl (C=O) groups is 4. The fourth-order valence-corrected chi connectivity index (χ4v) is 3.22. The van der Waals surface area contributed by atoms with Crippen molar-refractivity contribution in [3.63, 3.8) is 0 Å². The summed E-state index contributed by atoms with van der Waals surface area (Å²) in [5.74, 6) is -2.36. The number of ether oxygens (including phenoxy) is 2. The van der Waals surface area contributed by atoms with E-state index in [9.17, 15) is 19.2 Å². The van der Waals surface area contributed by atoms with E-state index < -0.39 is 30.4 Å². The van der Waals surface area contributed by atoms with Crippen molar-refractivity contribution in [3.8, 4) is 0 Å². The first-order chi connectivity index (χ1) is 14.4. The molecule has 1 aliphatic rings. The summed E-state index contributed by atoms with van der Waals surface area (Å²) >= 11 is 0. The third-order valence-electron chi connectivity index (χ3n) is 4.80. The highest BCUT2D eigenvalue weighted by Gasteiger charge is 2.36. The van der Waals surface area contributed by atoms with E-state index in [0.29, 0.717) is 11.3 Å². The number of nitrogens with one attached hydrogen (secondary N) is 1. The topological polar surface area (TPSA) is 102 Å². The molecule has 0 bridgehead atoms. The zero-order valence-corrected chi connectivity index (χ0v) is 16.7. The van der Waals surface area contributed by atoms with Gasteiger partial charge in [-0.25, -0.2) is 4.79 Å². The molecule has 8 heteroatoms. The molecule has 2 aromatic rings. The van der Waals surface area contributed by atoms with Crippen molar-refractivity contribution in [1.29, 1.82) is 0 Å². The molecule has 1 atom stereocenters. The van der Waals surface area contributed by atoms with Gasteiger partial charge in [-0.15, -0.1) is 0 Å². The van der Waals surface area contributed by atoms with Crippen molar-refractivity contribution >= 4 is 35.1 Å². The summed E-state index contributed by atoms with van der Waals surface area (Å²) < 4.78 is 9.71. The molecule has 0 aliphatic carbocycles. The molecule has 2 amide bonds. The highest BCUT2D eigenvalue weighted by molar-refractivity contribution is 6.00. The Kier molecular flexibility index (Phi) is 6.46. The third kappa shape index (κ3) is 4.83. The zero-order valence-electron chi connectivity index (χ0n) is 16.7. The molecule has 30 heavy (non-hydrogen) atoms. The van der Waals surface area contributed by atoms with Crippen LogP contribution in [0, 0.1) is 12.8 Å². The van der Waals surface area contributed by atoms with Gasteiger partial charge in [0, 0.05) is 24.3 Å². The summed E-state index contributed by atoms with van der Waals surface area (Å²) in [5.41, 5.74) is 2.51. The number of methoxy groups -OCH3 is 1. The van der Waals surface area contributed by atoms with Crippen LogP contribution < -0.4 is 10.2 Å². The number of rotatable bonds is 6. The molecule has 1 saturated heterocycles. The maximum Gasteiger partial charge on any atom is 0.337 e. The lowest BCUT2D eigenvalue weighted by atomic mass is 10.1. The van der Waals surface area contributed by atoms with Crippen LogP contribution in [-0.4, -0.2) is 44.0 Å². The van der Waals surface area contributed by atoms with Gasteiger partial charge in [0.2, 0.25) is 5.91 Å². The van der Waals surface area contributed by atoms with Gasteiger partial charge in [-0.3, -0.25) is 14.4 Å². The summed E-state index contributed by atoms with van der Waals surface area (Å²) in [4.78, 5) is 49.7. The van der Waals surface area contributed by atoms with Crippen LogP contribution in [0.25, 0.3) is 0 Å². The number of hydrogen-bond acceptors (Lipinski definition) is 6. The van der Waals surface area contributed by atoms with Crippen molar-refractivity contribution in [2.45, 2.75) is 13.3 Å². The van der Waals surface area contributed by atoms with Crippen molar-refractivity contribution in [1.82, 2.24) is 0 Å². The van der Waals surface area contributed by atoms with E-state index in [1.165, 1.54) is 19.2 Å². The van der Waals surface area contributed by atoms with Gasteiger partial charge in [0.25, 0.3) is 5.91 Å². The fraction of sp³-hybridized carbons (Fsp3) is 0.273. The van der Waals surface area contributed by atoms with Crippen LogP contribution in [-0.2, 0) is 23.9 Å². The van der Waals surface area contributed by atoms with Crippen LogP contribution in [0.5, 0.6) is 0 Å². The third-order valence-corrected chi connectivity index (χ3v) is 4.80. The number of amides is 2. The van der Waals surface area contributed by atoms with Crippen LogP contribution in [0.3, 0.4) is 0 Å². The number of para-hydroxylation sites is 1. The van der Waals surface area contributed by atoms with Crippen molar-refractivity contribution < 1.29 is 28.7 Å². The molecule has 1 aliphatic heterocycles. The minimum Gasteiger partial charge on any atom is -0.465 e. The molecular formula is C22H22N2O6. The number of benzene rings is 2. The molecule has 2 aromatic carbocycles. The predicted octanol–water partition coefficient (Wildman–Crippen LogP) is 2.32. The smallest absolute Gasteiger partial charge is 0.337 e. The Morgan fingerprint density at radius 3 is 2.47 bits per heavy atom. The molecule has 0 radical (unpaired) electrons. The largest absolute Gasteiger partial charge is 0.465 e. The maximum absolute atomic E-state index is 12.3. The lowest BCUT2D eigenvalue weighted by Crippen LogP contribution is -2.28. The van der Waals surface area contributed by atoms with Crippen LogP contribution in [0.4, 0.5) is 11.4 Å². The Hall–Kier alpha value is -3.68. The molecule has 1 fully saturated rings. The number of aryl methyl sites for hydroxylation is 1. The molecule has 1 N–H and O–H groups in total. The van der Waals surface area contributed by atoms with Gasteiger partial charge in [-0.05, 0) is 42.8 Å². The average molecular weight is 410 g/mol. The summed E-state index contributed by atoms with van der Waals surface area (Å²) in [6.45, 7) is 1.65. The van der Waals surface area contributed by atoms with Gasteiger partial charge in [0.15, 0.2) is 6.61 Å². The SMILES string of the molecule is COC(=O)c1ccc(NC(=O)COC(=O)[C@@H]2CC(=O)N(c3ccccc3C)C2)cc1. The molecule has 8 nitrogen and oxygen atoms in total. The second kappa shape index (κ2) is 9.21. The normalized spacial score (nSPS) is 15.6. The first kappa shape index (κ1) is 21.0. The molecule has 0 unspecified atom stereocenters. The number of esters is 2. The van der Waals surface area contributed by atoms with Gasteiger partial charge in [0.05, 0.1) is 18.6 Å². The first-order valence-electron chi connectivity index (χ1n) is 9.40. The number of carbonyl (C=O) groups excluding carboxylic acids is 4. The summed E-state index contributed by atoms with van der Waals surface area (Å²) in [7, 11) is 1.28. The van der Waals surface area contributed by atoms with Crippen LogP contribution in [0.15, 0.2) is 48.5 Å². The Bertz CT molecular complexity index is 970. The molecule has 0 spiro atoms. The molecule has 3 rings (SSSR count). The zero-order chi connectivity index (χ0) is 21.7. The van der Waals surface area contributed by atoms with E-state index in [4.69, 9.17) is 4.74 Å². The summed E-state index contributed by atoms with van der Waals surface area (Å²) in [6, 6.07) is 13.6. The second-order valence-electron chi connectivity index (χ2n) is 6.92. The molecule has 156 valence electrons. The quantitative estimate of drug-likeness (QED) is 0.734. The van der Waals surface area contributed by atoms with E-state index in [2.05, 4.69) is 10.1 Å². The number of anilines is 2. The van der Waals surface area contributed by atoms with Gasteiger partial charge in [-0.2, -0.15) is 0 Å². The van der Waals surface area contributed by atoms with E-state index >= 15 is 0 Å². The summed E-state index contributed by atoms with van der Waals surface area (Å²) in [6.07, 6.45) is 0.0454. The van der Waals surface area contributed by atoms with Crippen molar-refractivity contribution in [2.24, 2.45) is 5.92 Å². The highest BCUT2D eigenvalue weighted by Crippen LogP contribution is 2.28. The molecule has 0 aromatic heterocycles. The Labute approximate surface area is 173 Å². The van der Waals surface area contributed by atoms with Crippen LogP contribution >= 0.6 is 0 Å². The highest BCUT2D eigenvalue weighted by atomic mass is 16.5. The van der Waals surface area contributed by atoms with Gasteiger partial charge in [-0.1, -0.05) is 18.2 Å². The van der Waals surface area contributed by atoms with E-state index in [1.54, 1.807) is 17.0 Å². The lowest BCUT2D eigenvalue weighted by molar-refractivity contribution is -0.151. The molecular weight excluding hydrogens is 388 g/mol. The summed E-state index contributed by atoms with van der Waals surface area (Å²) in [5, 5.41) is 2.58. The monoisotopic (exact) mass is 410 g/mol. The Morgan fingerprint density at radius 2 is 1.80 bits per heavy atom.